The van der Waals surface area contributed by atoms with Crippen LogP contribution in [0, 0.1) is 0 Å². The SMILES string of the molecule is COc1c2c(c(OC)c3ccccc13)[C@H]1OC(=O)C[C@H]1O[C@H]2c1ccsc1. The second-order valence-electron chi connectivity index (χ2n) is 6.67. The summed E-state index contributed by atoms with van der Waals surface area (Å²) in [6, 6.07) is 9.98. The quantitative estimate of drug-likeness (QED) is 0.629. The first-order valence-electron chi connectivity index (χ1n) is 8.76. The molecule has 0 saturated carbocycles. The molecule has 0 spiro atoms. The van der Waals surface area contributed by atoms with E-state index in [1.807, 2.05) is 35.7 Å². The number of thiophene rings is 1. The van der Waals surface area contributed by atoms with Gasteiger partial charge in [0.25, 0.3) is 0 Å². The molecule has 0 amide bonds. The number of hydrogen-bond donors (Lipinski definition) is 0. The molecule has 0 N–H and O–H groups in total. The van der Waals surface area contributed by atoms with E-state index in [1.165, 1.54) is 0 Å². The van der Waals surface area contributed by atoms with Gasteiger partial charge in [0.1, 0.15) is 23.7 Å². The molecule has 27 heavy (non-hydrogen) atoms. The van der Waals surface area contributed by atoms with E-state index in [0.29, 0.717) is 0 Å². The lowest BCUT2D eigenvalue weighted by Gasteiger charge is -2.35. The van der Waals surface area contributed by atoms with E-state index in [1.54, 1.807) is 25.6 Å². The molecule has 6 heteroatoms. The number of benzene rings is 2. The summed E-state index contributed by atoms with van der Waals surface area (Å²) in [5.74, 6) is 1.20. The van der Waals surface area contributed by atoms with Crippen LogP contribution in [0.4, 0.5) is 0 Å². The van der Waals surface area contributed by atoms with Crippen molar-refractivity contribution in [1.82, 2.24) is 0 Å². The van der Waals surface area contributed by atoms with Crippen molar-refractivity contribution in [2.45, 2.75) is 24.7 Å². The second kappa shape index (κ2) is 6.25. The molecule has 2 aromatic carbocycles. The third kappa shape index (κ3) is 2.37. The van der Waals surface area contributed by atoms with Crippen LogP contribution in [0.3, 0.4) is 0 Å². The maximum atomic E-state index is 12.1. The van der Waals surface area contributed by atoms with Crippen molar-refractivity contribution >= 4 is 28.1 Å². The normalized spacial score (nSPS) is 23.6. The Balaban J connectivity index is 1.89. The topological polar surface area (TPSA) is 54.0 Å². The Morgan fingerprint density at radius 2 is 1.74 bits per heavy atom. The minimum atomic E-state index is -0.490. The molecular weight excluding hydrogens is 364 g/mol. The van der Waals surface area contributed by atoms with Crippen molar-refractivity contribution in [1.29, 1.82) is 0 Å². The molecule has 3 aromatic rings. The molecule has 2 aliphatic heterocycles. The van der Waals surface area contributed by atoms with Crippen molar-refractivity contribution in [2.75, 3.05) is 14.2 Å². The molecule has 138 valence electrons. The van der Waals surface area contributed by atoms with Gasteiger partial charge in [-0.15, -0.1) is 0 Å². The predicted octanol–water partition coefficient (Wildman–Crippen LogP) is 4.39. The van der Waals surface area contributed by atoms with Crippen LogP contribution in [0.2, 0.25) is 0 Å². The van der Waals surface area contributed by atoms with E-state index >= 15 is 0 Å². The highest BCUT2D eigenvalue weighted by atomic mass is 32.1. The number of hydrogen-bond acceptors (Lipinski definition) is 6. The fourth-order valence-electron chi connectivity index (χ4n) is 4.21. The van der Waals surface area contributed by atoms with Crippen LogP contribution in [-0.2, 0) is 14.3 Å². The summed E-state index contributed by atoms with van der Waals surface area (Å²) in [5, 5.41) is 5.96. The number of esters is 1. The smallest absolute Gasteiger partial charge is 0.309 e. The van der Waals surface area contributed by atoms with Crippen molar-refractivity contribution < 1.29 is 23.7 Å². The fourth-order valence-corrected chi connectivity index (χ4v) is 4.88. The summed E-state index contributed by atoms with van der Waals surface area (Å²) in [5.41, 5.74) is 2.77. The molecule has 0 unspecified atom stereocenters. The molecule has 0 radical (unpaired) electrons. The van der Waals surface area contributed by atoms with Gasteiger partial charge in [0, 0.05) is 21.9 Å². The highest BCUT2D eigenvalue weighted by Crippen LogP contribution is 2.55. The number of methoxy groups -OCH3 is 2. The zero-order valence-electron chi connectivity index (χ0n) is 14.9. The fraction of sp³-hybridized carbons (Fsp3) is 0.286. The molecule has 0 bridgehead atoms. The zero-order valence-corrected chi connectivity index (χ0v) is 15.7. The van der Waals surface area contributed by atoms with Crippen molar-refractivity contribution in [3.63, 3.8) is 0 Å². The van der Waals surface area contributed by atoms with Gasteiger partial charge in [-0.2, -0.15) is 11.3 Å². The van der Waals surface area contributed by atoms with Crippen molar-refractivity contribution in [3.8, 4) is 11.5 Å². The van der Waals surface area contributed by atoms with Crippen LogP contribution in [-0.4, -0.2) is 26.3 Å². The summed E-state index contributed by atoms with van der Waals surface area (Å²) in [6.07, 6.45) is -0.927. The summed E-state index contributed by atoms with van der Waals surface area (Å²) in [6.45, 7) is 0. The molecule has 5 rings (SSSR count). The average Bonchev–Trinajstić information content (AvgIpc) is 3.34. The van der Waals surface area contributed by atoms with Crippen LogP contribution < -0.4 is 9.47 Å². The van der Waals surface area contributed by atoms with Gasteiger partial charge in [-0.1, -0.05) is 24.3 Å². The lowest BCUT2D eigenvalue weighted by atomic mass is 9.85. The zero-order chi connectivity index (χ0) is 18.5. The first-order valence-corrected chi connectivity index (χ1v) is 9.70. The summed E-state index contributed by atoms with van der Waals surface area (Å²) in [4.78, 5) is 12.1. The number of rotatable bonds is 3. The van der Waals surface area contributed by atoms with E-state index < -0.39 is 6.10 Å². The van der Waals surface area contributed by atoms with Gasteiger partial charge in [0.05, 0.1) is 20.6 Å². The Morgan fingerprint density at radius 1 is 1.04 bits per heavy atom. The number of fused-ring (bicyclic) bond motifs is 4. The molecule has 1 fully saturated rings. The molecule has 0 aliphatic carbocycles. The lowest BCUT2D eigenvalue weighted by molar-refractivity contribution is -0.143. The first kappa shape index (κ1) is 16.6. The van der Waals surface area contributed by atoms with Crippen molar-refractivity contribution in [2.24, 2.45) is 0 Å². The monoisotopic (exact) mass is 382 g/mol. The van der Waals surface area contributed by atoms with Gasteiger partial charge in [0.15, 0.2) is 6.10 Å². The van der Waals surface area contributed by atoms with Gasteiger partial charge in [0.2, 0.25) is 0 Å². The summed E-state index contributed by atoms with van der Waals surface area (Å²) >= 11 is 1.61. The Kier molecular flexibility index (Phi) is 3.84. The second-order valence-corrected chi connectivity index (χ2v) is 7.45. The van der Waals surface area contributed by atoms with Crippen LogP contribution in [0.1, 0.15) is 35.3 Å². The Bertz CT molecular complexity index is 1030. The van der Waals surface area contributed by atoms with E-state index in [9.17, 15) is 4.79 Å². The van der Waals surface area contributed by atoms with E-state index in [-0.39, 0.29) is 24.6 Å². The number of carbonyl (C=O) groups is 1. The highest BCUT2D eigenvalue weighted by Gasteiger charge is 2.48. The van der Waals surface area contributed by atoms with Crippen LogP contribution in [0.5, 0.6) is 11.5 Å². The molecule has 5 nitrogen and oxygen atoms in total. The third-order valence-corrected chi connectivity index (χ3v) is 5.97. The average molecular weight is 382 g/mol. The van der Waals surface area contributed by atoms with Crippen LogP contribution in [0.15, 0.2) is 41.1 Å². The summed E-state index contributed by atoms with van der Waals surface area (Å²) < 4.78 is 23.7. The van der Waals surface area contributed by atoms with Crippen LogP contribution >= 0.6 is 11.3 Å². The highest BCUT2D eigenvalue weighted by molar-refractivity contribution is 7.08. The minimum absolute atomic E-state index is 0.239. The molecule has 3 heterocycles. The molecule has 2 aliphatic rings. The Hall–Kier alpha value is -2.57. The maximum Gasteiger partial charge on any atom is 0.309 e. The first-order chi connectivity index (χ1) is 13.2. The number of carbonyl (C=O) groups excluding carboxylic acids is 1. The Labute approximate surface area is 160 Å². The molecule has 1 saturated heterocycles. The molecule has 1 aromatic heterocycles. The third-order valence-electron chi connectivity index (χ3n) is 5.27. The van der Waals surface area contributed by atoms with Crippen molar-refractivity contribution in [3.05, 3.63) is 57.8 Å². The van der Waals surface area contributed by atoms with E-state index in [4.69, 9.17) is 18.9 Å². The summed E-state index contributed by atoms with van der Waals surface area (Å²) in [7, 11) is 3.31. The van der Waals surface area contributed by atoms with Gasteiger partial charge >= 0.3 is 5.97 Å². The standard InChI is InChI=1S/C21H18O5S/c1-23-19-12-5-3-4-6-13(12)20(24-2)17-16(19)18(11-7-8-27-10-11)25-14-9-15(22)26-21(14)17/h3-8,10,14,18,21H,9H2,1-2H3/t14-,18+,21+/m1/s1. The van der Waals surface area contributed by atoms with Gasteiger partial charge in [-0.05, 0) is 22.4 Å². The van der Waals surface area contributed by atoms with Gasteiger partial charge < -0.3 is 18.9 Å². The van der Waals surface area contributed by atoms with E-state index in [0.717, 1.165) is 39.0 Å². The van der Waals surface area contributed by atoms with Crippen LogP contribution in [0.25, 0.3) is 10.8 Å². The molecule has 3 atom stereocenters. The van der Waals surface area contributed by atoms with Gasteiger partial charge in [-0.25, -0.2) is 0 Å². The van der Waals surface area contributed by atoms with E-state index in [2.05, 4.69) is 5.38 Å². The number of ether oxygens (including phenoxy) is 4. The maximum absolute atomic E-state index is 12.1. The lowest BCUT2D eigenvalue weighted by Crippen LogP contribution is -2.29. The largest absolute Gasteiger partial charge is 0.496 e. The minimum Gasteiger partial charge on any atom is -0.496 e. The molecular formula is C21H18O5S. The Morgan fingerprint density at radius 3 is 2.37 bits per heavy atom. The predicted molar refractivity (Wildman–Crippen MR) is 102 cm³/mol. The van der Waals surface area contributed by atoms with Gasteiger partial charge in [-0.3, -0.25) is 4.79 Å².